The van der Waals surface area contributed by atoms with E-state index in [-0.39, 0.29) is 11.9 Å². The van der Waals surface area contributed by atoms with Crippen molar-refractivity contribution in [2.45, 2.75) is 19.4 Å². The summed E-state index contributed by atoms with van der Waals surface area (Å²) in [7, 11) is 0. The van der Waals surface area contributed by atoms with Crippen molar-refractivity contribution in [2.75, 3.05) is 6.54 Å². The maximum atomic E-state index is 13.2. The van der Waals surface area contributed by atoms with E-state index in [2.05, 4.69) is 27.2 Å². The molecule has 4 nitrogen and oxygen atoms in total. The molecule has 2 heterocycles. The molecule has 0 bridgehead atoms. The van der Waals surface area contributed by atoms with Crippen molar-refractivity contribution in [3.05, 3.63) is 48.1 Å². The van der Waals surface area contributed by atoms with Gasteiger partial charge in [-0.15, -0.1) is 0 Å². The molecule has 0 radical (unpaired) electrons. The second kappa shape index (κ2) is 5.54. The highest BCUT2D eigenvalue weighted by molar-refractivity contribution is 5.22. The lowest BCUT2D eigenvalue weighted by molar-refractivity contribution is 0.564. The van der Waals surface area contributed by atoms with Gasteiger partial charge in [0, 0.05) is 18.6 Å². The smallest absolute Gasteiger partial charge is 0.141 e. The largest absolute Gasteiger partial charge is 0.347 e. The second-order valence-corrected chi connectivity index (χ2v) is 3.80. The molecule has 17 heavy (non-hydrogen) atoms. The van der Waals surface area contributed by atoms with Gasteiger partial charge in [-0.25, -0.2) is 9.37 Å². The molecule has 2 aromatic rings. The number of H-pyrrole nitrogens is 1. The van der Waals surface area contributed by atoms with Crippen LogP contribution in [0.4, 0.5) is 4.39 Å². The fourth-order valence-electron chi connectivity index (χ4n) is 1.68. The molecule has 1 unspecified atom stereocenters. The second-order valence-electron chi connectivity index (χ2n) is 3.80. The van der Waals surface area contributed by atoms with E-state index in [4.69, 9.17) is 0 Å². The number of nitrogens with one attached hydrogen (secondary N) is 2. The van der Waals surface area contributed by atoms with E-state index in [0.29, 0.717) is 0 Å². The van der Waals surface area contributed by atoms with Gasteiger partial charge < -0.3 is 10.3 Å². The van der Waals surface area contributed by atoms with Crippen LogP contribution < -0.4 is 5.32 Å². The summed E-state index contributed by atoms with van der Waals surface area (Å²) in [5, 5.41) is 3.31. The molecule has 0 aliphatic heterocycles. The Hall–Kier alpha value is -1.75. The lowest BCUT2D eigenvalue weighted by atomic mass is 10.1. The number of hydrogen-bond donors (Lipinski definition) is 2. The lowest BCUT2D eigenvalue weighted by Crippen LogP contribution is -2.24. The van der Waals surface area contributed by atoms with Gasteiger partial charge in [0.1, 0.15) is 11.6 Å². The fourth-order valence-corrected chi connectivity index (χ4v) is 1.68. The van der Waals surface area contributed by atoms with Crippen LogP contribution in [0, 0.1) is 5.82 Å². The van der Waals surface area contributed by atoms with E-state index in [9.17, 15) is 4.39 Å². The molecular formula is C12H15FN4. The summed E-state index contributed by atoms with van der Waals surface area (Å²) < 4.78 is 13.2. The average molecular weight is 234 g/mol. The number of imidazole rings is 1. The summed E-state index contributed by atoms with van der Waals surface area (Å²) in [5.74, 6) is 0.434. The zero-order valence-corrected chi connectivity index (χ0v) is 9.65. The van der Waals surface area contributed by atoms with Gasteiger partial charge >= 0.3 is 0 Å². The van der Waals surface area contributed by atoms with Crippen LogP contribution in [0.15, 0.2) is 30.9 Å². The van der Waals surface area contributed by atoms with Crippen LogP contribution in [-0.2, 0) is 0 Å². The predicted octanol–water partition coefficient (Wildman–Crippen LogP) is 2.03. The molecule has 2 rings (SSSR count). The highest BCUT2D eigenvalue weighted by Crippen LogP contribution is 2.18. The van der Waals surface area contributed by atoms with Crippen LogP contribution in [0.1, 0.15) is 30.8 Å². The van der Waals surface area contributed by atoms with Crippen molar-refractivity contribution in [1.29, 1.82) is 0 Å². The number of aromatic amines is 1. The molecule has 0 amide bonds. The van der Waals surface area contributed by atoms with E-state index in [1.165, 1.54) is 12.3 Å². The quantitative estimate of drug-likeness (QED) is 0.832. The maximum absolute atomic E-state index is 13.2. The Bertz CT molecular complexity index is 455. The molecule has 0 aliphatic rings. The SMILES string of the molecule is CCCNC(c1cncc(F)c1)c1ncc[nH]1. The van der Waals surface area contributed by atoms with Crippen LogP contribution in [0.2, 0.25) is 0 Å². The van der Waals surface area contributed by atoms with Gasteiger partial charge in [-0.2, -0.15) is 0 Å². The minimum atomic E-state index is -0.336. The molecule has 0 saturated carbocycles. The topological polar surface area (TPSA) is 53.6 Å². The van der Waals surface area contributed by atoms with E-state index >= 15 is 0 Å². The van der Waals surface area contributed by atoms with Gasteiger partial charge in [-0.05, 0) is 24.6 Å². The summed E-state index contributed by atoms with van der Waals surface area (Å²) in [6.07, 6.45) is 7.28. The molecule has 90 valence electrons. The van der Waals surface area contributed by atoms with Gasteiger partial charge in [0.2, 0.25) is 0 Å². The summed E-state index contributed by atoms with van der Waals surface area (Å²) >= 11 is 0. The molecular weight excluding hydrogens is 219 g/mol. The Balaban J connectivity index is 2.27. The molecule has 1 atom stereocenters. The average Bonchev–Trinajstić information content (AvgIpc) is 2.83. The third-order valence-corrected chi connectivity index (χ3v) is 2.45. The van der Waals surface area contributed by atoms with Crippen molar-refractivity contribution < 1.29 is 4.39 Å². The van der Waals surface area contributed by atoms with Gasteiger partial charge in [0.25, 0.3) is 0 Å². The number of aromatic nitrogens is 3. The van der Waals surface area contributed by atoms with E-state index in [1.807, 2.05) is 0 Å². The Morgan fingerprint density at radius 2 is 2.35 bits per heavy atom. The highest BCUT2D eigenvalue weighted by Gasteiger charge is 2.16. The highest BCUT2D eigenvalue weighted by atomic mass is 19.1. The van der Waals surface area contributed by atoms with Gasteiger partial charge in [-0.1, -0.05) is 6.92 Å². The summed E-state index contributed by atoms with van der Waals surface area (Å²) in [6.45, 7) is 2.91. The molecule has 0 fully saturated rings. The van der Waals surface area contributed by atoms with Gasteiger partial charge in [-0.3, -0.25) is 4.98 Å². The summed E-state index contributed by atoms with van der Waals surface area (Å²) in [6, 6.07) is 1.33. The predicted molar refractivity (Wildman–Crippen MR) is 62.9 cm³/mol. The molecule has 0 aliphatic carbocycles. The van der Waals surface area contributed by atoms with E-state index in [0.717, 1.165) is 24.4 Å². The Morgan fingerprint density at radius 3 is 3.00 bits per heavy atom. The Kier molecular flexibility index (Phi) is 3.82. The van der Waals surface area contributed by atoms with Crippen molar-refractivity contribution in [3.8, 4) is 0 Å². The third-order valence-electron chi connectivity index (χ3n) is 2.45. The first-order valence-corrected chi connectivity index (χ1v) is 5.64. The molecule has 2 aromatic heterocycles. The Morgan fingerprint density at radius 1 is 1.47 bits per heavy atom. The summed E-state index contributed by atoms with van der Waals surface area (Å²) in [4.78, 5) is 11.1. The Labute approximate surface area is 99.3 Å². The molecule has 2 N–H and O–H groups in total. The number of pyridine rings is 1. The molecule has 0 saturated heterocycles. The number of rotatable bonds is 5. The number of hydrogen-bond acceptors (Lipinski definition) is 3. The minimum absolute atomic E-state index is 0.145. The number of nitrogens with zero attached hydrogens (tertiary/aromatic N) is 2. The molecule has 0 aromatic carbocycles. The normalized spacial score (nSPS) is 12.6. The zero-order valence-electron chi connectivity index (χ0n) is 9.65. The van der Waals surface area contributed by atoms with Crippen molar-refractivity contribution in [3.63, 3.8) is 0 Å². The van der Waals surface area contributed by atoms with Crippen LogP contribution in [-0.4, -0.2) is 21.5 Å². The minimum Gasteiger partial charge on any atom is -0.347 e. The van der Waals surface area contributed by atoms with E-state index in [1.54, 1.807) is 18.6 Å². The van der Waals surface area contributed by atoms with Crippen LogP contribution in [0.3, 0.4) is 0 Å². The first kappa shape index (κ1) is 11.7. The standard InChI is InChI=1S/C12H15FN4/c1-2-3-15-11(12-16-4-5-17-12)9-6-10(13)8-14-7-9/h4-8,11,15H,2-3H2,1H3,(H,16,17). The first-order chi connectivity index (χ1) is 8.31. The lowest BCUT2D eigenvalue weighted by Gasteiger charge is -2.16. The van der Waals surface area contributed by atoms with Crippen molar-refractivity contribution >= 4 is 0 Å². The van der Waals surface area contributed by atoms with Crippen molar-refractivity contribution in [2.24, 2.45) is 0 Å². The maximum Gasteiger partial charge on any atom is 0.141 e. The van der Waals surface area contributed by atoms with E-state index < -0.39 is 0 Å². The number of halogens is 1. The zero-order chi connectivity index (χ0) is 12.1. The molecule has 5 heteroatoms. The third kappa shape index (κ3) is 2.88. The fraction of sp³-hybridized carbons (Fsp3) is 0.333. The summed E-state index contributed by atoms with van der Waals surface area (Å²) in [5.41, 5.74) is 0.772. The van der Waals surface area contributed by atoms with Gasteiger partial charge in [0.15, 0.2) is 0 Å². The molecule has 0 spiro atoms. The first-order valence-electron chi connectivity index (χ1n) is 5.64. The van der Waals surface area contributed by atoms with Crippen LogP contribution in [0.5, 0.6) is 0 Å². The monoisotopic (exact) mass is 234 g/mol. The van der Waals surface area contributed by atoms with Crippen molar-refractivity contribution in [1.82, 2.24) is 20.3 Å². The van der Waals surface area contributed by atoms with Crippen LogP contribution in [0.25, 0.3) is 0 Å². The van der Waals surface area contributed by atoms with Crippen LogP contribution >= 0.6 is 0 Å². The van der Waals surface area contributed by atoms with Gasteiger partial charge in [0.05, 0.1) is 12.2 Å².